The third kappa shape index (κ3) is 4.32. The van der Waals surface area contributed by atoms with Crippen molar-refractivity contribution in [2.75, 3.05) is 6.61 Å². The predicted molar refractivity (Wildman–Crippen MR) is 87.1 cm³/mol. The second-order valence-corrected chi connectivity index (χ2v) is 5.75. The monoisotopic (exact) mass is 284 g/mol. The molecule has 1 aromatic carbocycles. The van der Waals surface area contributed by atoms with Crippen molar-refractivity contribution in [3.05, 3.63) is 53.6 Å². The Morgan fingerprint density at radius 3 is 2.71 bits per heavy atom. The summed E-state index contributed by atoms with van der Waals surface area (Å²) < 4.78 is 5.00. The van der Waals surface area contributed by atoms with Crippen LogP contribution in [0.15, 0.2) is 42.5 Å². The number of hydrogen-bond acceptors (Lipinski definition) is 2. The quantitative estimate of drug-likeness (QED) is 0.582. The normalized spacial score (nSPS) is 20.3. The second-order valence-electron chi connectivity index (χ2n) is 5.75. The van der Waals surface area contributed by atoms with Crippen molar-refractivity contribution in [2.24, 2.45) is 0 Å². The minimum absolute atomic E-state index is 0.203. The molecule has 0 N–H and O–H groups in total. The maximum absolute atomic E-state index is 11.6. The van der Waals surface area contributed by atoms with Gasteiger partial charge in [-0.1, -0.05) is 42.0 Å². The van der Waals surface area contributed by atoms with Crippen LogP contribution < -0.4 is 0 Å². The molecule has 1 fully saturated rings. The molecule has 0 spiro atoms. The highest BCUT2D eigenvalue weighted by Crippen LogP contribution is 2.36. The van der Waals surface area contributed by atoms with Gasteiger partial charge in [-0.25, -0.2) is 4.79 Å². The van der Waals surface area contributed by atoms with E-state index in [1.807, 2.05) is 13.8 Å². The minimum Gasteiger partial charge on any atom is -0.463 e. The third-order valence-electron chi connectivity index (χ3n) is 4.04. The molecular formula is C19H24O2. The molecule has 2 rings (SSSR count). The number of allylic oxidation sites excluding steroid dienone is 2. The molecule has 21 heavy (non-hydrogen) atoms. The molecule has 0 aromatic heterocycles. The summed E-state index contributed by atoms with van der Waals surface area (Å²) in [5.74, 6) is 0.310. The van der Waals surface area contributed by atoms with Gasteiger partial charge < -0.3 is 4.74 Å². The third-order valence-corrected chi connectivity index (χ3v) is 4.04. The molecule has 1 unspecified atom stereocenters. The van der Waals surface area contributed by atoms with Crippen LogP contribution in [-0.2, 0) is 9.53 Å². The largest absolute Gasteiger partial charge is 0.463 e. The van der Waals surface area contributed by atoms with Crippen LogP contribution in [0.2, 0.25) is 0 Å². The summed E-state index contributed by atoms with van der Waals surface area (Å²) in [7, 11) is 0. The van der Waals surface area contributed by atoms with Crippen molar-refractivity contribution in [3.8, 4) is 0 Å². The molecular weight excluding hydrogens is 260 g/mol. The first-order valence-electron chi connectivity index (χ1n) is 7.72. The Bertz CT molecular complexity index is 537. The zero-order valence-electron chi connectivity index (χ0n) is 13.0. The van der Waals surface area contributed by atoms with E-state index in [-0.39, 0.29) is 5.97 Å². The molecule has 1 aliphatic rings. The van der Waals surface area contributed by atoms with Crippen molar-refractivity contribution in [3.63, 3.8) is 0 Å². The van der Waals surface area contributed by atoms with E-state index in [0.717, 1.165) is 24.8 Å². The molecule has 1 atom stereocenters. The van der Waals surface area contributed by atoms with Gasteiger partial charge in [-0.05, 0) is 56.6 Å². The van der Waals surface area contributed by atoms with E-state index in [1.54, 1.807) is 6.08 Å². The van der Waals surface area contributed by atoms with Crippen LogP contribution in [0.1, 0.15) is 56.6 Å². The Hall–Kier alpha value is -1.83. The predicted octanol–water partition coefficient (Wildman–Crippen LogP) is 4.87. The van der Waals surface area contributed by atoms with Crippen LogP contribution in [0.3, 0.4) is 0 Å². The van der Waals surface area contributed by atoms with Crippen molar-refractivity contribution >= 4 is 11.5 Å². The summed E-state index contributed by atoms with van der Waals surface area (Å²) in [4.78, 5) is 11.6. The Balaban J connectivity index is 2.06. The lowest BCUT2D eigenvalue weighted by Gasteiger charge is -2.24. The molecule has 0 amide bonds. The molecule has 0 radical (unpaired) electrons. The average Bonchev–Trinajstić information content (AvgIpc) is 2.48. The van der Waals surface area contributed by atoms with Crippen LogP contribution >= 0.6 is 0 Å². The van der Waals surface area contributed by atoms with Crippen LogP contribution in [0, 0.1) is 0 Å². The maximum Gasteiger partial charge on any atom is 0.330 e. The fraction of sp³-hybridized carbons (Fsp3) is 0.421. The molecule has 1 aromatic rings. The minimum atomic E-state index is -0.203. The summed E-state index contributed by atoms with van der Waals surface area (Å²) in [6.07, 6.45) is 5.99. The Morgan fingerprint density at radius 1 is 1.38 bits per heavy atom. The van der Waals surface area contributed by atoms with Gasteiger partial charge in [0.15, 0.2) is 0 Å². The van der Waals surface area contributed by atoms with Crippen molar-refractivity contribution in [1.29, 1.82) is 0 Å². The molecule has 0 aliphatic heterocycles. The van der Waals surface area contributed by atoms with Crippen LogP contribution in [0.4, 0.5) is 0 Å². The SMILES string of the molecule is C=C(C)c1ccc(C2CCC/C(=C/C(=O)OCC)C2)cc1. The van der Waals surface area contributed by atoms with Crippen LogP contribution in [0.25, 0.3) is 5.57 Å². The molecule has 1 aliphatic carbocycles. The highest BCUT2D eigenvalue weighted by Gasteiger charge is 2.19. The standard InChI is InChI=1S/C19H24O2/c1-4-21-19(20)13-15-6-5-7-18(12-15)17-10-8-16(9-11-17)14(2)3/h8-11,13,18H,2,4-7,12H2,1,3H3/b15-13-. The second kappa shape index (κ2) is 7.26. The summed E-state index contributed by atoms with van der Waals surface area (Å²) >= 11 is 0. The lowest BCUT2D eigenvalue weighted by Crippen LogP contribution is -2.09. The number of carbonyl (C=O) groups excluding carboxylic acids is 1. The molecule has 0 bridgehead atoms. The zero-order valence-corrected chi connectivity index (χ0v) is 13.0. The Morgan fingerprint density at radius 2 is 2.10 bits per heavy atom. The van der Waals surface area contributed by atoms with E-state index < -0.39 is 0 Å². The number of esters is 1. The molecule has 0 saturated heterocycles. The van der Waals surface area contributed by atoms with Gasteiger partial charge in [-0.2, -0.15) is 0 Å². The van der Waals surface area contributed by atoms with Gasteiger partial charge in [-0.15, -0.1) is 0 Å². The van der Waals surface area contributed by atoms with Gasteiger partial charge in [0.1, 0.15) is 0 Å². The van der Waals surface area contributed by atoms with Crippen molar-refractivity contribution < 1.29 is 9.53 Å². The molecule has 2 nitrogen and oxygen atoms in total. The highest BCUT2D eigenvalue weighted by molar-refractivity contribution is 5.82. The van der Waals surface area contributed by atoms with E-state index in [2.05, 4.69) is 30.8 Å². The molecule has 1 saturated carbocycles. The zero-order chi connectivity index (χ0) is 15.2. The summed E-state index contributed by atoms with van der Waals surface area (Å²) in [5.41, 5.74) is 4.85. The Kier molecular flexibility index (Phi) is 5.38. The van der Waals surface area contributed by atoms with Gasteiger partial charge in [0.05, 0.1) is 6.61 Å². The van der Waals surface area contributed by atoms with E-state index in [0.29, 0.717) is 12.5 Å². The van der Waals surface area contributed by atoms with Gasteiger partial charge in [-0.3, -0.25) is 0 Å². The van der Waals surface area contributed by atoms with E-state index in [9.17, 15) is 4.79 Å². The van der Waals surface area contributed by atoms with Gasteiger partial charge in [0, 0.05) is 6.08 Å². The summed E-state index contributed by atoms with van der Waals surface area (Å²) in [5, 5.41) is 0. The van der Waals surface area contributed by atoms with Crippen molar-refractivity contribution in [2.45, 2.75) is 45.4 Å². The number of ether oxygens (including phenoxy) is 1. The number of rotatable bonds is 4. The summed E-state index contributed by atoms with van der Waals surface area (Å²) in [6, 6.07) is 8.67. The first kappa shape index (κ1) is 15.6. The van der Waals surface area contributed by atoms with Crippen molar-refractivity contribution in [1.82, 2.24) is 0 Å². The van der Waals surface area contributed by atoms with Gasteiger partial charge in [0.2, 0.25) is 0 Å². The van der Waals surface area contributed by atoms with E-state index in [1.165, 1.54) is 23.1 Å². The van der Waals surface area contributed by atoms with E-state index in [4.69, 9.17) is 4.74 Å². The smallest absolute Gasteiger partial charge is 0.330 e. The molecule has 2 heteroatoms. The fourth-order valence-corrected chi connectivity index (χ4v) is 2.90. The number of carbonyl (C=O) groups is 1. The molecule has 0 heterocycles. The average molecular weight is 284 g/mol. The topological polar surface area (TPSA) is 26.3 Å². The number of hydrogen-bond donors (Lipinski definition) is 0. The first-order chi connectivity index (χ1) is 10.1. The molecule has 112 valence electrons. The van der Waals surface area contributed by atoms with Crippen LogP contribution in [0.5, 0.6) is 0 Å². The lowest BCUT2D eigenvalue weighted by molar-refractivity contribution is -0.137. The fourth-order valence-electron chi connectivity index (χ4n) is 2.90. The lowest BCUT2D eigenvalue weighted by atomic mass is 9.81. The van der Waals surface area contributed by atoms with Gasteiger partial charge >= 0.3 is 5.97 Å². The van der Waals surface area contributed by atoms with Crippen LogP contribution in [-0.4, -0.2) is 12.6 Å². The first-order valence-corrected chi connectivity index (χ1v) is 7.72. The maximum atomic E-state index is 11.6. The highest BCUT2D eigenvalue weighted by atomic mass is 16.5. The summed E-state index contributed by atoms with van der Waals surface area (Å²) in [6.45, 7) is 8.27. The Labute approximate surface area is 127 Å². The van der Waals surface area contributed by atoms with E-state index >= 15 is 0 Å². The number of benzene rings is 1. The van der Waals surface area contributed by atoms with Gasteiger partial charge in [0.25, 0.3) is 0 Å².